The van der Waals surface area contributed by atoms with Crippen LogP contribution in [0, 0.1) is 0 Å². The zero-order chi connectivity index (χ0) is 14.6. The SMILES string of the molecule is CCCN(CC1CCCN1)S(=O)(=O)c1cnc(CC)[nH]1. The summed E-state index contributed by atoms with van der Waals surface area (Å²) in [5.74, 6) is 0.707. The topological polar surface area (TPSA) is 78.1 Å². The fourth-order valence-electron chi connectivity index (χ4n) is 2.51. The average Bonchev–Trinajstić information content (AvgIpc) is 3.09. The van der Waals surface area contributed by atoms with Crippen molar-refractivity contribution in [2.24, 2.45) is 0 Å². The lowest BCUT2D eigenvalue weighted by Gasteiger charge is -2.24. The zero-order valence-electron chi connectivity index (χ0n) is 12.2. The van der Waals surface area contributed by atoms with Crippen LogP contribution in [-0.4, -0.2) is 48.4 Å². The molecule has 1 aliphatic rings. The minimum absolute atomic E-state index is 0.209. The Kier molecular flexibility index (Phi) is 5.17. The summed E-state index contributed by atoms with van der Waals surface area (Å²) in [7, 11) is -3.46. The normalized spacial score (nSPS) is 19.9. The van der Waals surface area contributed by atoms with Gasteiger partial charge >= 0.3 is 0 Å². The van der Waals surface area contributed by atoms with E-state index in [0.717, 1.165) is 25.8 Å². The van der Waals surface area contributed by atoms with Crippen LogP contribution in [0.1, 0.15) is 38.9 Å². The number of aryl methyl sites for hydroxylation is 1. The fourth-order valence-corrected chi connectivity index (χ4v) is 4.02. The van der Waals surface area contributed by atoms with Crippen molar-refractivity contribution in [1.29, 1.82) is 0 Å². The van der Waals surface area contributed by atoms with Crippen molar-refractivity contribution in [2.75, 3.05) is 19.6 Å². The molecule has 0 amide bonds. The number of nitrogens with zero attached hydrogens (tertiary/aromatic N) is 2. The van der Waals surface area contributed by atoms with Gasteiger partial charge in [0.1, 0.15) is 5.82 Å². The molecule has 1 atom stereocenters. The number of sulfonamides is 1. The Balaban J connectivity index is 2.16. The smallest absolute Gasteiger partial charge is 0.260 e. The van der Waals surface area contributed by atoms with Crippen molar-refractivity contribution in [3.8, 4) is 0 Å². The molecular weight excluding hydrogens is 276 g/mol. The van der Waals surface area contributed by atoms with Gasteiger partial charge in [0.25, 0.3) is 10.0 Å². The van der Waals surface area contributed by atoms with Crippen LogP contribution >= 0.6 is 0 Å². The van der Waals surface area contributed by atoms with Gasteiger partial charge in [-0.05, 0) is 25.8 Å². The first-order valence-corrected chi connectivity index (χ1v) is 8.79. The van der Waals surface area contributed by atoms with Crippen molar-refractivity contribution < 1.29 is 8.42 Å². The van der Waals surface area contributed by atoms with Gasteiger partial charge in [-0.2, -0.15) is 4.31 Å². The van der Waals surface area contributed by atoms with E-state index in [-0.39, 0.29) is 11.1 Å². The van der Waals surface area contributed by atoms with Gasteiger partial charge in [-0.25, -0.2) is 13.4 Å². The Hall–Kier alpha value is -0.920. The van der Waals surface area contributed by atoms with Gasteiger partial charge in [-0.15, -0.1) is 0 Å². The van der Waals surface area contributed by atoms with Crippen molar-refractivity contribution >= 4 is 10.0 Å². The number of nitrogens with one attached hydrogen (secondary N) is 2. The zero-order valence-corrected chi connectivity index (χ0v) is 13.0. The van der Waals surface area contributed by atoms with E-state index < -0.39 is 10.0 Å². The summed E-state index contributed by atoms with van der Waals surface area (Å²) in [5.41, 5.74) is 0. The maximum absolute atomic E-state index is 12.7. The van der Waals surface area contributed by atoms with E-state index in [4.69, 9.17) is 0 Å². The molecule has 1 saturated heterocycles. The third-order valence-corrected chi connectivity index (χ3v) is 5.39. The van der Waals surface area contributed by atoms with Crippen molar-refractivity contribution in [3.63, 3.8) is 0 Å². The molecular formula is C13H24N4O2S. The minimum atomic E-state index is -3.46. The molecule has 1 unspecified atom stereocenters. The third kappa shape index (κ3) is 3.39. The lowest BCUT2D eigenvalue weighted by Crippen LogP contribution is -2.41. The molecule has 1 fully saturated rings. The quantitative estimate of drug-likeness (QED) is 0.791. The third-order valence-electron chi connectivity index (χ3n) is 3.62. The second-order valence-electron chi connectivity index (χ2n) is 5.20. The molecule has 0 aromatic carbocycles. The largest absolute Gasteiger partial charge is 0.332 e. The first-order valence-electron chi connectivity index (χ1n) is 7.35. The van der Waals surface area contributed by atoms with Crippen LogP contribution in [0.3, 0.4) is 0 Å². The molecule has 0 radical (unpaired) electrons. The van der Waals surface area contributed by atoms with Crippen LogP contribution < -0.4 is 5.32 Å². The van der Waals surface area contributed by atoms with Crippen molar-refractivity contribution in [1.82, 2.24) is 19.6 Å². The number of imidazole rings is 1. The highest BCUT2D eigenvalue weighted by molar-refractivity contribution is 7.89. The Morgan fingerprint density at radius 1 is 1.45 bits per heavy atom. The van der Waals surface area contributed by atoms with Gasteiger partial charge in [-0.1, -0.05) is 13.8 Å². The average molecular weight is 300 g/mol. The number of hydrogen-bond donors (Lipinski definition) is 2. The summed E-state index contributed by atoms with van der Waals surface area (Å²) in [4.78, 5) is 7.00. The van der Waals surface area contributed by atoms with Crippen LogP contribution in [0.15, 0.2) is 11.2 Å². The summed E-state index contributed by atoms with van der Waals surface area (Å²) in [6.45, 7) is 6.00. The second-order valence-corrected chi connectivity index (χ2v) is 7.11. The summed E-state index contributed by atoms with van der Waals surface area (Å²) in [6.07, 6.45) is 5.10. The molecule has 1 aromatic rings. The molecule has 114 valence electrons. The molecule has 7 heteroatoms. The monoisotopic (exact) mass is 300 g/mol. The molecule has 20 heavy (non-hydrogen) atoms. The predicted molar refractivity (Wildman–Crippen MR) is 78.0 cm³/mol. The lowest BCUT2D eigenvalue weighted by atomic mass is 10.2. The van der Waals surface area contributed by atoms with Gasteiger partial charge in [0.15, 0.2) is 5.03 Å². The lowest BCUT2D eigenvalue weighted by molar-refractivity contribution is 0.368. The highest BCUT2D eigenvalue weighted by Gasteiger charge is 2.29. The number of aromatic amines is 1. The highest BCUT2D eigenvalue weighted by Crippen LogP contribution is 2.17. The number of aromatic nitrogens is 2. The number of H-pyrrole nitrogens is 1. The first-order chi connectivity index (χ1) is 9.57. The van der Waals surface area contributed by atoms with Crippen molar-refractivity contribution in [2.45, 2.75) is 50.6 Å². The summed E-state index contributed by atoms with van der Waals surface area (Å²) in [5, 5.41) is 3.56. The van der Waals surface area contributed by atoms with E-state index in [1.54, 1.807) is 4.31 Å². The molecule has 0 saturated carbocycles. The molecule has 6 nitrogen and oxygen atoms in total. The number of rotatable bonds is 7. The molecule has 2 heterocycles. The predicted octanol–water partition coefficient (Wildman–Crippen LogP) is 1.12. The maximum Gasteiger partial charge on any atom is 0.260 e. The Morgan fingerprint density at radius 2 is 2.25 bits per heavy atom. The molecule has 0 bridgehead atoms. The molecule has 2 rings (SSSR count). The highest BCUT2D eigenvalue weighted by atomic mass is 32.2. The van der Waals surface area contributed by atoms with Crippen LogP contribution in [0.25, 0.3) is 0 Å². The van der Waals surface area contributed by atoms with Crippen molar-refractivity contribution in [3.05, 3.63) is 12.0 Å². The van der Waals surface area contributed by atoms with Gasteiger partial charge in [0, 0.05) is 25.6 Å². The van der Waals surface area contributed by atoms with E-state index in [1.807, 2.05) is 13.8 Å². The summed E-state index contributed by atoms with van der Waals surface area (Å²) < 4.78 is 26.9. The van der Waals surface area contributed by atoms with Crippen LogP contribution in [-0.2, 0) is 16.4 Å². The molecule has 2 N–H and O–H groups in total. The van der Waals surface area contributed by atoms with Gasteiger partial charge in [-0.3, -0.25) is 0 Å². The molecule has 0 aliphatic carbocycles. The Bertz CT molecular complexity index is 520. The van der Waals surface area contributed by atoms with E-state index >= 15 is 0 Å². The summed E-state index contributed by atoms with van der Waals surface area (Å²) >= 11 is 0. The van der Waals surface area contributed by atoms with Gasteiger partial charge in [0.05, 0.1) is 6.20 Å². The minimum Gasteiger partial charge on any atom is -0.332 e. The molecule has 0 spiro atoms. The second kappa shape index (κ2) is 6.69. The van der Waals surface area contributed by atoms with Crippen LogP contribution in [0.5, 0.6) is 0 Å². The van der Waals surface area contributed by atoms with Gasteiger partial charge in [0.2, 0.25) is 0 Å². The van der Waals surface area contributed by atoms with E-state index in [2.05, 4.69) is 15.3 Å². The standard InChI is InChI=1S/C13H24N4O2S/c1-3-8-17(10-11-6-5-7-14-11)20(18,19)13-9-15-12(4-2)16-13/h9,11,14H,3-8,10H2,1-2H3,(H,15,16). The molecule has 1 aromatic heterocycles. The Labute approximate surface area is 121 Å². The summed E-state index contributed by atoms with van der Waals surface area (Å²) in [6, 6.07) is 0.268. The van der Waals surface area contributed by atoms with Crippen LogP contribution in [0.4, 0.5) is 0 Å². The van der Waals surface area contributed by atoms with Gasteiger partial charge < -0.3 is 10.3 Å². The maximum atomic E-state index is 12.7. The Morgan fingerprint density at radius 3 is 2.80 bits per heavy atom. The number of hydrogen-bond acceptors (Lipinski definition) is 4. The van der Waals surface area contributed by atoms with Crippen LogP contribution in [0.2, 0.25) is 0 Å². The fraction of sp³-hybridized carbons (Fsp3) is 0.769. The first kappa shape index (κ1) is 15.5. The van der Waals surface area contributed by atoms with E-state index in [9.17, 15) is 8.42 Å². The van der Waals surface area contributed by atoms with E-state index in [0.29, 0.717) is 25.3 Å². The molecule has 1 aliphatic heterocycles. The van der Waals surface area contributed by atoms with E-state index in [1.165, 1.54) is 6.20 Å².